The molecule has 2 aromatic heterocycles. The molecule has 2 atom stereocenters. The van der Waals surface area contributed by atoms with Crippen LogP contribution in [0.2, 0.25) is 0 Å². The summed E-state index contributed by atoms with van der Waals surface area (Å²) in [6, 6.07) is 15.5. The summed E-state index contributed by atoms with van der Waals surface area (Å²) in [6.07, 6.45) is 4.59. The van der Waals surface area contributed by atoms with Crippen LogP contribution in [0.1, 0.15) is 28.6 Å². The Labute approximate surface area is 173 Å². The highest BCUT2D eigenvalue weighted by Crippen LogP contribution is 2.40. The van der Waals surface area contributed by atoms with Gasteiger partial charge < -0.3 is 13.9 Å². The van der Waals surface area contributed by atoms with E-state index in [9.17, 15) is 9.59 Å². The molecule has 148 valence electrons. The Morgan fingerprint density at radius 1 is 1.07 bits per heavy atom. The first-order valence-electron chi connectivity index (χ1n) is 9.85. The van der Waals surface area contributed by atoms with Crippen molar-refractivity contribution < 1.29 is 9.21 Å². The first kappa shape index (κ1) is 18.3. The fourth-order valence-electron chi connectivity index (χ4n) is 4.75. The van der Waals surface area contributed by atoms with Crippen LogP contribution in [0.3, 0.4) is 0 Å². The SMILES string of the molecule is CSc1ccc(-c2ccc(=O)n3c2[C@H]2C[C@@H](CN(C(=O)c4ccco4)C2)C3)cc1. The number of amides is 1. The Morgan fingerprint density at radius 2 is 1.90 bits per heavy atom. The summed E-state index contributed by atoms with van der Waals surface area (Å²) < 4.78 is 7.26. The van der Waals surface area contributed by atoms with E-state index in [1.165, 1.54) is 11.2 Å². The van der Waals surface area contributed by atoms with Crippen LogP contribution >= 0.6 is 11.8 Å². The molecule has 2 aliphatic rings. The zero-order chi connectivity index (χ0) is 20.0. The number of rotatable bonds is 3. The quantitative estimate of drug-likeness (QED) is 0.615. The molecule has 5 rings (SSSR count). The molecule has 0 N–H and O–H groups in total. The van der Waals surface area contributed by atoms with Crippen LogP contribution < -0.4 is 5.56 Å². The number of carbonyl (C=O) groups is 1. The largest absolute Gasteiger partial charge is 0.459 e. The minimum Gasteiger partial charge on any atom is -0.459 e. The second-order valence-electron chi connectivity index (χ2n) is 7.80. The molecule has 1 amide bonds. The van der Waals surface area contributed by atoms with E-state index < -0.39 is 0 Å². The highest BCUT2D eigenvalue weighted by molar-refractivity contribution is 7.98. The van der Waals surface area contributed by atoms with Crippen molar-refractivity contribution in [3.05, 3.63) is 76.6 Å². The Balaban J connectivity index is 1.54. The van der Waals surface area contributed by atoms with E-state index in [1.807, 2.05) is 15.5 Å². The van der Waals surface area contributed by atoms with Crippen LogP contribution in [0.15, 0.2) is 68.9 Å². The molecule has 6 heteroatoms. The van der Waals surface area contributed by atoms with Crippen molar-refractivity contribution >= 4 is 17.7 Å². The van der Waals surface area contributed by atoms with Gasteiger partial charge in [0, 0.05) is 47.8 Å². The van der Waals surface area contributed by atoms with Gasteiger partial charge in [-0.3, -0.25) is 9.59 Å². The number of benzene rings is 1. The summed E-state index contributed by atoms with van der Waals surface area (Å²) >= 11 is 1.71. The molecule has 0 radical (unpaired) electrons. The molecule has 2 aliphatic heterocycles. The number of aromatic nitrogens is 1. The van der Waals surface area contributed by atoms with Crippen molar-refractivity contribution in [2.45, 2.75) is 23.8 Å². The van der Waals surface area contributed by atoms with Crippen molar-refractivity contribution in [1.82, 2.24) is 9.47 Å². The second kappa shape index (κ2) is 7.26. The number of furan rings is 1. The molecular formula is C23H22N2O3S. The Morgan fingerprint density at radius 3 is 2.62 bits per heavy atom. The van der Waals surface area contributed by atoms with Gasteiger partial charge in [-0.1, -0.05) is 12.1 Å². The molecule has 4 heterocycles. The van der Waals surface area contributed by atoms with Gasteiger partial charge in [-0.25, -0.2) is 0 Å². The van der Waals surface area contributed by atoms with Crippen LogP contribution in [-0.4, -0.2) is 34.7 Å². The molecule has 2 bridgehead atoms. The third kappa shape index (κ3) is 3.21. The molecule has 0 spiro atoms. The normalized spacial score (nSPS) is 20.4. The maximum absolute atomic E-state index is 12.9. The minimum atomic E-state index is -0.0673. The summed E-state index contributed by atoms with van der Waals surface area (Å²) in [7, 11) is 0. The molecule has 0 aliphatic carbocycles. The number of fused-ring (bicyclic) bond motifs is 4. The van der Waals surface area contributed by atoms with Gasteiger partial charge in [0.1, 0.15) is 0 Å². The van der Waals surface area contributed by atoms with Gasteiger partial charge in [0.05, 0.1) is 6.26 Å². The molecule has 0 saturated carbocycles. The topological polar surface area (TPSA) is 55.5 Å². The summed E-state index contributed by atoms with van der Waals surface area (Å²) in [5.74, 6) is 0.739. The van der Waals surface area contributed by atoms with E-state index in [4.69, 9.17) is 4.42 Å². The molecule has 5 nitrogen and oxygen atoms in total. The van der Waals surface area contributed by atoms with Gasteiger partial charge in [0.15, 0.2) is 5.76 Å². The van der Waals surface area contributed by atoms with Crippen LogP contribution in [0, 0.1) is 5.92 Å². The number of piperidine rings is 1. The van der Waals surface area contributed by atoms with E-state index in [0.717, 1.165) is 23.2 Å². The molecule has 3 aromatic rings. The smallest absolute Gasteiger partial charge is 0.289 e. The van der Waals surface area contributed by atoms with E-state index in [1.54, 1.807) is 30.0 Å². The number of pyridine rings is 1. The van der Waals surface area contributed by atoms with E-state index >= 15 is 0 Å². The number of hydrogen-bond acceptors (Lipinski definition) is 4. The van der Waals surface area contributed by atoms with Crippen molar-refractivity contribution in [2.24, 2.45) is 5.92 Å². The minimum absolute atomic E-state index is 0.0463. The lowest BCUT2D eigenvalue weighted by Crippen LogP contribution is -2.49. The predicted octanol–water partition coefficient (Wildman–Crippen LogP) is 4.09. The lowest BCUT2D eigenvalue weighted by molar-refractivity contribution is 0.0564. The van der Waals surface area contributed by atoms with Crippen LogP contribution in [0.4, 0.5) is 0 Å². The highest BCUT2D eigenvalue weighted by Gasteiger charge is 2.38. The lowest BCUT2D eigenvalue weighted by atomic mass is 9.80. The number of carbonyl (C=O) groups excluding carboxylic acids is 1. The van der Waals surface area contributed by atoms with E-state index in [0.29, 0.717) is 25.4 Å². The molecule has 1 saturated heterocycles. The van der Waals surface area contributed by atoms with Crippen LogP contribution in [0.25, 0.3) is 11.1 Å². The molecule has 0 unspecified atom stereocenters. The van der Waals surface area contributed by atoms with Crippen molar-refractivity contribution in [3.8, 4) is 11.1 Å². The Hall–Kier alpha value is -2.73. The fourth-order valence-corrected chi connectivity index (χ4v) is 5.16. The average molecular weight is 407 g/mol. The fraction of sp³-hybridized carbons (Fsp3) is 0.304. The summed E-state index contributed by atoms with van der Waals surface area (Å²) in [4.78, 5) is 28.6. The van der Waals surface area contributed by atoms with Crippen molar-refractivity contribution in [3.63, 3.8) is 0 Å². The van der Waals surface area contributed by atoms with Gasteiger partial charge in [0.25, 0.3) is 11.5 Å². The molecule has 1 fully saturated rings. The lowest BCUT2D eigenvalue weighted by Gasteiger charge is -2.43. The summed E-state index contributed by atoms with van der Waals surface area (Å²) in [6.45, 7) is 1.92. The van der Waals surface area contributed by atoms with E-state index in [2.05, 4.69) is 30.5 Å². The Kier molecular flexibility index (Phi) is 4.59. The zero-order valence-electron chi connectivity index (χ0n) is 16.2. The summed E-state index contributed by atoms with van der Waals surface area (Å²) in [5, 5.41) is 0. The van der Waals surface area contributed by atoms with Gasteiger partial charge in [-0.15, -0.1) is 11.8 Å². The summed E-state index contributed by atoms with van der Waals surface area (Å²) in [5.41, 5.74) is 3.31. The number of hydrogen-bond donors (Lipinski definition) is 0. The molecule has 1 aromatic carbocycles. The van der Waals surface area contributed by atoms with Gasteiger partial charge >= 0.3 is 0 Å². The monoisotopic (exact) mass is 406 g/mol. The first-order chi connectivity index (χ1) is 14.1. The average Bonchev–Trinajstić information content (AvgIpc) is 3.29. The number of thioether (sulfide) groups is 1. The van der Waals surface area contributed by atoms with Gasteiger partial charge in [0.2, 0.25) is 0 Å². The predicted molar refractivity (Wildman–Crippen MR) is 113 cm³/mol. The molecular weight excluding hydrogens is 384 g/mol. The third-order valence-corrected chi connectivity index (χ3v) is 6.75. The Bertz CT molecular complexity index is 1100. The van der Waals surface area contributed by atoms with Crippen LogP contribution in [0.5, 0.6) is 0 Å². The van der Waals surface area contributed by atoms with E-state index in [-0.39, 0.29) is 23.3 Å². The third-order valence-electron chi connectivity index (χ3n) is 6.01. The van der Waals surface area contributed by atoms with Gasteiger partial charge in [-0.2, -0.15) is 0 Å². The number of nitrogens with zero attached hydrogens (tertiary/aromatic N) is 2. The van der Waals surface area contributed by atoms with Crippen molar-refractivity contribution in [2.75, 3.05) is 19.3 Å². The van der Waals surface area contributed by atoms with Gasteiger partial charge in [-0.05, 0) is 54.5 Å². The molecule has 29 heavy (non-hydrogen) atoms. The number of likely N-dealkylation sites (tertiary alicyclic amines) is 1. The first-order valence-corrected chi connectivity index (χ1v) is 11.1. The standard InChI is InChI=1S/C23H22N2O3S/c1-29-18-6-4-16(5-7-18)19-8-9-21(26)25-13-15-11-17(22(19)25)14-24(12-15)23(27)20-3-2-10-28-20/h2-10,15,17H,11-14H2,1H3/t15-,17-/m0/s1. The maximum Gasteiger partial charge on any atom is 0.289 e. The van der Waals surface area contributed by atoms with Crippen LogP contribution in [-0.2, 0) is 6.54 Å². The maximum atomic E-state index is 12.9. The second-order valence-corrected chi connectivity index (χ2v) is 8.68. The highest BCUT2D eigenvalue weighted by atomic mass is 32.2. The van der Waals surface area contributed by atoms with Crippen molar-refractivity contribution in [1.29, 1.82) is 0 Å². The zero-order valence-corrected chi connectivity index (χ0v) is 17.0.